The second kappa shape index (κ2) is 7.95. The Labute approximate surface area is 125 Å². The number of hydrogen-bond donors (Lipinski definition) is 2. The Kier molecular flexibility index (Phi) is 6.58. The first kappa shape index (κ1) is 17.4. The summed E-state index contributed by atoms with van der Waals surface area (Å²) in [4.78, 5) is 10.8. The number of hydrogen-bond acceptors (Lipinski definition) is 3. The minimum Gasteiger partial charge on any atom is -0.480 e. The van der Waals surface area contributed by atoms with Gasteiger partial charge in [0, 0.05) is 0 Å². The van der Waals surface area contributed by atoms with Crippen molar-refractivity contribution in [2.45, 2.75) is 44.0 Å². The van der Waals surface area contributed by atoms with E-state index in [9.17, 15) is 13.2 Å². The van der Waals surface area contributed by atoms with Crippen LogP contribution in [0.25, 0.3) is 6.08 Å². The van der Waals surface area contributed by atoms with Crippen LogP contribution < -0.4 is 4.72 Å². The molecule has 5 nitrogen and oxygen atoms in total. The second-order valence-electron chi connectivity index (χ2n) is 4.79. The molecule has 1 aromatic carbocycles. The monoisotopic (exact) mass is 311 g/mol. The second-order valence-corrected chi connectivity index (χ2v) is 6.51. The zero-order valence-corrected chi connectivity index (χ0v) is 13.1. The standard InChI is InChI=1S/C15H21NO4S/c1-3-4-5-6-7-13-8-10-14(11-9-13)21(19,20)16-12(2)15(17)18/h6-12,16H,3-5H2,1-2H3,(H,17,18)/b7-6+/t12-/m1/s1. The van der Waals surface area contributed by atoms with Crippen molar-refractivity contribution in [2.75, 3.05) is 0 Å². The van der Waals surface area contributed by atoms with Gasteiger partial charge < -0.3 is 5.11 Å². The highest BCUT2D eigenvalue weighted by Gasteiger charge is 2.21. The van der Waals surface area contributed by atoms with Gasteiger partial charge in [0.05, 0.1) is 4.90 Å². The molecule has 1 atom stereocenters. The number of nitrogens with one attached hydrogen (secondary N) is 1. The van der Waals surface area contributed by atoms with E-state index >= 15 is 0 Å². The Hall–Kier alpha value is -1.66. The van der Waals surface area contributed by atoms with Crippen LogP contribution in [0, 0.1) is 0 Å². The summed E-state index contributed by atoms with van der Waals surface area (Å²) < 4.78 is 26.0. The van der Waals surface area contributed by atoms with Gasteiger partial charge in [0.2, 0.25) is 10.0 Å². The van der Waals surface area contributed by atoms with E-state index in [1.54, 1.807) is 12.1 Å². The van der Waals surface area contributed by atoms with Gasteiger partial charge in [-0.1, -0.05) is 44.1 Å². The first-order valence-corrected chi connectivity index (χ1v) is 8.37. The van der Waals surface area contributed by atoms with Gasteiger partial charge in [-0.25, -0.2) is 8.42 Å². The van der Waals surface area contributed by atoms with Gasteiger partial charge in [-0.2, -0.15) is 4.72 Å². The zero-order valence-electron chi connectivity index (χ0n) is 12.2. The highest BCUT2D eigenvalue weighted by atomic mass is 32.2. The Morgan fingerprint density at radius 2 is 1.95 bits per heavy atom. The number of aliphatic carboxylic acids is 1. The van der Waals surface area contributed by atoms with Crippen LogP contribution in [0.5, 0.6) is 0 Å². The van der Waals surface area contributed by atoms with Crippen molar-refractivity contribution in [3.05, 3.63) is 35.9 Å². The molecule has 0 bridgehead atoms. The number of carboxylic acids is 1. The van der Waals surface area contributed by atoms with E-state index in [-0.39, 0.29) is 4.90 Å². The summed E-state index contributed by atoms with van der Waals surface area (Å²) in [6.45, 7) is 3.41. The maximum Gasteiger partial charge on any atom is 0.321 e. The smallest absolute Gasteiger partial charge is 0.321 e. The van der Waals surface area contributed by atoms with Gasteiger partial charge in [-0.05, 0) is 31.0 Å². The van der Waals surface area contributed by atoms with Gasteiger partial charge in [0.25, 0.3) is 0 Å². The number of sulfonamides is 1. The molecule has 1 rings (SSSR count). The fraction of sp³-hybridized carbons (Fsp3) is 0.400. The predicted molar refractivity (Wildman–Crippen MR) is 82.4 cm³/mol. The molecular weight excluding hydrogens is 290 g/mol. The molecule has 0 aliphatic rings. The summed E-state index contributed by atoms with van der Waals surface area (Å²) in [6.07, 6.45) is 7.25. The van der Waals surface area contributed by atoms with Crippen molar-refractivity contribution in [1.82, 2.24) is 4.72 Å². The number of carboxylic acid groups (broad SMARTS) is 1. The molecule has 2 N–H and O–H groups in total. The highest BCUT2D eigenvalue weighted by Crippen LogP contribution is 2.12. The predicted octanol–water partition coefficient (Wildman–Crippen LogP) is 2.64. The number of carbonyl (C=O) groups is 1. The van der Waals surface area contributed by atoms with Crippen LogP contribution in [0.4, 0.5) is 0 Å². The lowest BCUT2D eigenvalue weighted by Gasteiger charge is -2.10. The van der Waals surface area contributed by atoms with Crippen LogP contribution in [0.1, 0.15) is 38.7 Å². The van der Waals surface area contributed by atoms with Gasteiger partial charge in [0.1, 0.15) is 6.04 Å². The van der Waals surface area contributed by atoms with E-state index < -0.39 is 22.0 Å². The van der Waals surface area contributed by atoms with Crippen LogP contribution in [-0.4, -0.2) is 25.5 Å². The number of benzene rings is 1. The van der Waals surface area contributed by atoms with Crippen molar-refractivity contribution in [1.29, 1.82) is 0 Å². The van der Waals surface area contributed by atoms with Crippen molar-refractivity contribution in [3.8, 4) is 0 Å². The van der Waals surface area contributed by atoms with E-state index in [0.717, 1.165) is 24.8 Å². The van der Waals surface area contributed by atoms with Crippen LogP contribution in [0.3, 0.4) is 0 Å². The SMILES string of the molecule is CCCC/C=C/c1ccc(S(=O)(=O)N[C@H](C)C(=O)O)cc1. The molecule has 0 aromatic heterocycles. The minimum absolute atomic E-state index is 0.0568. The summed E-state index contributed by atoms with van der Waals surface area (Å²) in [5.74, 6) is -1.21. The highest BCUT2D eigenvalue weighted by molar-refractivity contribution is 7.89. The molecule has 0 saturated heterocycles. The third-order valence-electron chi connectivity index (χ3n) is 2.93. The number of allylic oxidation sites excluding steroid dienone is 1. The molecule has 0 amide bonds. The maximum atomic E-state index is 12.0. The van der Waals surface area contributed by atoms with Gasteiger partial charge >= 0.3 is 5.97 Å². The van der Waals surface area contributed by atoms with Crippen molar-refractivity contribution < 1.29 is 18.3 Å². The Morgan fingerprint density at radius 1 is 1.33 bits per heavy atom. The van der Waals surface area contributed by atoms with E-state index in [4.69, 9.17) is 5.11 Å². The van der Waals surface area contributed by atoms with Crippen LogP contribution in [0.2, 0.25) is 0 Å². The fourth-order valence-electron chi connectivity index (χ4n) is 1.65. The van der Waals surface area contributed by atoms with Gasteiger partial charge in [0.15, 0.2) is 0 Å². The van der Waals surface area contributed by atoms with Crippen molar-refractivity contribution in [3.63, 3.8) is 0 Å². The molecule has 0 saturated carbocycles. The topological polar surface area (TPSA) is 83.5 Å². The fourth-order valence-corrected chi connectivity index (χ4v) is 2.85. The maximum absolute atomic E-state index is 12.0. The molecule has 1 aromatic rings. The first-order chi connectivity index (χ1) is 9.86. The lowest BCUT2D eigenvalue weighted by atomic mass is 10.2. The molecule has 21 heavy (non-hydrogen) atoms. The summed E-state index contributed by atoms with van der Waals surface area (Å²) in [5, 5.41) is 8.74. The Balaban J connectivity index is 2.77. The summed E-state index contributed by atoms with van der Waals surface area (Å²) >= 11 is 0. The largest absolute Gasteiger partial charge is 0.480 e. The lowest BCUT2D eigenvalue weighted by Crippen LogP contribution is -2.38. The number of unbranched alkanes of at least 4 members (excludes halogenated alkanes) is 2. The quantitative estimate of drug-likeness (QED) is 0.723. The Morgan fingerprint density at radius 3 is 2.48 bits per heavy atom. The van der Waals surface area contributed by atoms with Crippen molar-refractivity contribution in [2.24, 2.45) is 0 Å². The molecule has 116 valence electrons. The number of rotatable bonds is 8. The van der Waals surface area contributed by atoms with Crippen LogP contribution in [-0.2, 0) is 14.8 Å². The zero-order chi connectivity index (χ0) is 15.9. The lowest BCUT2D eigenvalue weighted by molar-refractivity contribution is -0.138. The van der Waals surface area contributed by atoms with Gasteiger partial charge in [-0.3, -0.25) is 4.79 Å². The summed E-state index contributed by atoms with van der Waals surface area (Å²) in [6, 6.07) is 5.17. The average Bonchev–Trinajstić information content (AvgIpc) is 2.43. The third kappa shape index (κ3) is 5.69. The van der Waals surface area contributed by atoms with E-state index in [1.807, 2.05) is 6.08 Å². The molecule has 0 heterocycles. The normalized spacial score (nSPS) is 13.4. The molecular formula is C15H21NO4S. The van der Waals surface area contributed by atoms with Crippen LogP contribution in [0.15, 0.2) is 35.2 Å². The van der Waals surface area contributed by atoms with E-state index in [0.29, 0.717) is 0 Å². The van der Waals surface area contributed by atoms with Gasteiger partial charge in [-0.15, -0.1) is 0 Å². The average molecular weight is 311 g/mol. The third-order valence-corrected chi connectivity index (χ3v) is 4.48. The molecule has 0 aliphatic carbocycles. The minimum atomic E-state index is -3.81. The first-order valence-electron chi connectivity index (χ1n) is 6.88. The molecule has 0 unspecified atom stereocenters. The van der Waals surface area contributed by atoms with Crippen LogP contribution >= 0.6 is 0 Å². The van der Waals surface area contributed by atoms with Crippen molar-refractivity contribution >= 4 is 22.1 Å². The molecule has 0 radical (unpaired) electrons. The summed E-state index contributed by atoms with van der Waals surface area (Å²) in [5.41, 5.74) is 0.913. The molecule has 0 spiro atoms. The molecule has 6 heteroatoms. The molecule has 0 fully saturated rings. The van der Waals surface area contributed by atoms with E-state index in [2.05, 4.69) is 17.7 Å². The molecule has 0 aliphatic heterocycles. The van der Waals surface area contributed by atoms with E-state index in [1.165, 1.54) is 19.1 Å². The Bertz CT molecular complexity index is 591. The summed E-state index contributed by atoms with van der Waals surface area (Å²) in [7, 11) is -3.81.